The van der Waals surface area contributed by atoms with Crippen LogP contribution < -0.4 is 0 Å². The molecule has 2 aromatic heterocycles. The molecule has 0 atom stereocenters. The number of H-pyrrole nitrogens is 1. The highest BCUT2D eigenvalue weighted by atomic mass is 16.2. The Labute approximate surface area is 81.0 Å². The van der Waals surface area contributed by atoms with Gasteiger partial charge in [0.05, 0.1) is 18.5 Å². The normalized spacial score (nSPS) is 9.79. The Balaban J connectivity index is 2.31. The van der Waals surface area contributed by atoms with Gasteiger partial charge in [0, 0.05) is 18.2 Å². The summed E-state index contributed by atoms with van der Waals surface area (Å²) in [6.07, 6.45) is 3.76. The van der Waals surface area contributed by atoms with Crippen LogP contribution in [0.2, 0.25) is 0 Å². The van der Waals surface area contributed by atoms with Crippen LogP contribution >= 0.6 is 0 Å². The van der Waals surface area contributed by atoms with Crippen LogP contribution in [0.1, 0.15) is 12.0 Å². The minimum Gasteiger partial charge on any atom is -0.395 e. The standard InChI is InChI=1S/C10H9N3O/c14-4-2-1-3-8-5-9-10(11-6-8)13-7-12-9/h5-7,14H,2,4H2,(H,11,12,13). The van der Waals surface area contributed by atoms with E-state index in [0.717, 1.165) is 11.1 Å². The van der Waals surface area contributed by atoms with E-state index in [-0.39, 0.29) is 6.61 Å². The van der Waals surface area contributed by atoms with Gasteiger partial charge >= 0.3 is 0 Å². The van der Waals surface area contributed by atoms with Crippen LogP contribution in [0.25, 0.3) is 11.2 Å². The van der Waals surface area contributed by atoms with Crippen molar-refractivity contribution in [2.45, 2.75) is 6.42 Å². The van der Waals surface area contributed by atoms with E-state index in [4.69, 9.17) is 5.11 Å². The number of aliphatic hydroxyl groups is 1. The molecule has 0 aliphatic heterocycles. The van der Waals surface area contributed by atoms with Gasteiger partial charge in [0.25, 0.3) is 0 Å². The van der Waals surface area contributed by atoms with E-state index in [1.807, 2.05) is 6.07 Å². The fraction of sp³-hybridized carbons (Fsp3) is 0.200. The van der Waals surface area contributed by atoms with Crippen molar-refractivity contribution in [3.05, 3.63) is 24.2 Å². The average Bonchev–Trinajstić information content (AvgIpc) is 2.65. The van der Waals surface area contributed by atoms with Crippen molar-refractivity contribution in [3.63, 3.8) is 0 Å². The number of hydrogen-bond acceptors (Lipinski definition) is 3. The summed E-state index contributed by atoms with van der Waals surface area (Å²) in [7, 11) is 0. The minimum absolute atomic E-state index is 0.0900. The third-order valence-corrected chi connectivity index (χ3v) is 1.74. The van der Waals surface area contributed by atoms with Gasteiger partial charge < -0.3 is 10.1 Å². The van der Waals surface area contributed by atoms with Gasteiger partial charge in [-0.1, -0.05) is 11.8 Å². The second-order valence-electron chi connectivity index (χ2n) is 2.77. The topological polar surface area (TPSA) is 61.8 Å². The maximum absolute atomic E-state index is 8.55. The lowest BCUT2D eigenvalue weighted by Crippen LogP contribution is -1.81. The highest BCUT2D eigenvalue weighted by Gasteiger charge is 1.96. The Bertz CT molecular complexity index is 493. The molecule has 2 rings (SSSR count). The summed E-state index contributed by atoms with van der Waals surface area (Å²) in [6.45, 7) is 0.0900. The van der Waals surface area contributed by atoms with Gasteiger partial charge in [-0.2, -0.15) is 0 Å². The van der Waals surface area contributed by atoms with Gasteiger partial charge in [0.15, 0.2) is 5.65 Å². The summed E-state index contributed by atoms with van der Waals surface area (Å²) in [5.74, 6) is 5.74. The molecule has 14 heavy (non-hydrogen) atoms. The van der Waals surface area contributed by atoms with Gasteiger partial charge in [-0.05, 0) is 6.07 Å². The molecule has 2 heterocycles. The van der Waals surface area contributed by atoms with Crippen LogP contribution in [0.5, 0.6) is 0 Å². The molecule has 0 aliphatic carbocycles. The Kier molecular flexibility index (Phi) is 2.43. The number of rotatable bonds is 1. The number of aromatic amines is 1. The van der Waals surface area contributed by atoms with E-state index in [1.165, 1.54) is 0 Å². The van der Waals surface area contributed by atoms with E-state index in [9.17, 15) is 0 Å². The zero-order chi connectivity index (χ0) is 9.80. The molecule has 2 aromatic rings. The second-order valence-corrected chi connectivity index (χ2v) is 2.77. The minimum atomic E-state index is 0.0900. The monoisotopic (exact) mass is 187 g/mol. The maximum Gasteiger partial charge on any atom is 0.177 e. The van der Waals surface area contributed by atoms with E-state index >= 15 is 0 Å². The van der Waals surface area contributed by atoms with E-state index in [1.54, 1.807) is 12.5 Å². The number of hydrogen-bond donors (Lipinski definition) is 2. The van der Waals surface area contributed by atoms with Crippen LogP contribution in [-0.2, 0) is 0 Å². The number of aromatic nitrogens is 3. The van der Waals surface area contributed by atoms with Gasteiger partial charge in [0.2, 0.25) is 0 Å². The highest BCUT2D eigenvalue weighted by molar-refractivity contribution is 5.71. The molecule has 4 heteroatoms. The van der Waals surface area contributed by atoms with Crippen molar-refractivity contribution in [3.8, 4) is 11.8 Å². The quantitative estimate of drug-likeness (QED) is 0.646. The molecule has 0 spiro atoms. The van der Waals surface area contributed by atoms with Crippen molar-refractivity contribution in [2.75, 3.05) is 6.61 Å². The van der Waals surface area contributed by atoms with E-state index in [2.05, 4.69) is 26.8 Å². The van der Waals surface area contributed by atoms with Crippen molar-refractivity contribution < 1.29 is 5.11 Å². The lowest BCUT2D eigenvalue weighted by Gasteiger charge is -1.89. The smallest absolute Gasteiger partial charge is 0.177 e. The first-order valence-electron chi connectivity index (χ1n) is 4.29. The van der Waals surface area contributed by atoms with Crippen molar-refractivity contribution in [1.82, 2.24) is 15.0 Å². The van der Waals surface area contributed by atoms with Crippen LogP contribution in [0, 0.1) is 11.8 Å². The van der Waals surface area contributed by atoms with Gasteiger partial charge in [-0.3, -0.25) is 0 Å². The fourth-order valence-corrected chi connectivity index (χ4v) is 1.12. The number of pyridine rings is 1. The molecule has 0 aromatic carbocycles. The molecule has 0 saturated carbocycles. The molecule has 0 radical (unpaired) electrons. The molecule has 0 fully saturated rings. The Morgan fingerprint density at radius 3 is 3.21 bits per heavy atom. The number of imidazole rings is 1. The van der Waals surface area contributed by atoms with Crippen LogP contribution in [0.4, 0.5) is 0 Å². The second kappa shape index (κ2) is 3.90. The fourth-order valence-electron chi connectivity index (χ4n) is 1.12. The first kappa shape index (κ1) is 8.73. The summed E-state index contributed by atoms with van der Waals surface area (Å²) < 4.78 is 0. The molecule has 0 aliphatic rings. The van der Waals surface area contributed by atoms with Crippen LogP contribution in [0.3, 0.4) is 0 Å². The average molecular weight is 187 g/mol. The molecule has 70 valence electrons. The molecule has 0 amide bonds. The number of nitrogens with zero attached hydrogens (tertiary/aromatic N) is 2. The zero-order valence-corrected chi connectivity index (χ0v) is 7.49. The lowest BCUT2D eigenvalue weighted by molar-refractivity contribution is 0.305. The summed E-state index contributed by atoms with van der Waals surface area (Å²) in [5.41, 5.74) is 2.40. The summed E-state index contributed by atoms with van der Waals surface area (Å²) in [6, 6.07) is 1.89. The van der Waals surface area contributed by atoms with Gasteiger partial charge in [-0.15, -0.1) is 0 Å². The predicted octanol–water partition coefficient (Wildman–Crippen LogP) is 0.692. The molecule has 0 unspecified atom stereocenters. The van der Waals surface area contributed by atoms with Crippen LogP contribution in [0.15, 0.2) is 18.6 Å². The van der Waals surface area contributed by atoms with Crippen LogP contribution in [-0.4, -0.2) is 26.7 Å². The summed E-state index contributed by atoms with van der Waals surface area (Å²) in [4.78, 5) is 11.1. The molecular formula is C10H9N3O. The summed E-state index contributed by atoms with van der Waals surface area (Å²) >= 11 is 0. The molecular weight excluding hydrogens is 178 g/mol. The number of nitrogens with one attached hydrogen (secondary N) is 1. The van der Waals surface area contributed by atoms with Crippen molar-refractivity contribution in [1.29, 1.82) is 0 Å². The molecule has 0 saturated heterocycles. The Morgan fingerprint density at radius 1 is 1.43 bits per heavy atom. The maximum atomic E-state index is 8.55. The third kappa shape index (κ3) is 1.73. The lowest BCUT2D eigenvalue weighted by atomic mass is 10.2. The Morgan fingerprint density at radius 2 is 2.36 bits per heavy atom. The first-order chi connectivity index (χ1) is 6.90. The molecule has 4 nitrogen and oxygen atoms in total. The third-order valence-electron chi connectivity index (χ3n) is 1.74. The van der Waals surface area contributed by atoms with E-state index < -0.39 is 0 Å². The number of fused-ring (bicyclic) bond motifs is 1. The predicted molar refractivity (Wildman–Crippen MR) is 52.5 cm³/mol. The first-order valence-corrected chi connectivity index (χ1v) is 4.29. The number of aliphatic hydroxyl groups excluding tert-OH is 1. The van der Waals surface area contributed by atoms with Crippen molar-refractivity contribution in [2.24, 2.45) is 0 Å². The summed E-state index contributed by atoms with van der Waals surface area (Å²) in [5, 5.41) is 8.55. The Hall–Kier alpha value is -1.86. The van der Waals surface area contributed by atoms with Gasteiger partial charge in [-0.25, -0.2) is 9.97 Å². The van der Waals surface area contributed by atoms with E-state index in [0.29, 0.717) is 12.1 Å². The van der Waals surface area contributed by atoms with Gasteiger partial charge in [0.1, 0.15) is 0 Å². The molecule has 0 bridgehead atoms. The zero-order valence-electron chi connectivity index (χ0n) is 7.49. The van der Waals surface area contributed by atoms with Crippen molar-refractivity contribution >= 4 is 11.2 Å². The largest absolute Gasteiger partial charge is 0.395 e. The SMILES string of the molecule is OCCC#Cc1cnc2nc[nH]c2c1. The highest BCUT2D eigenvalue weighted by Crippen LogP contribution is 2.06. The molecule has 2 N–H and O–H groups in total.